The van der Waals surface area contributed by atoms with E-state index in [9.17, 15) is 9.59 Å². The van der Waals surface area contributed by atoms with Crippen LogP contribution in [-0.2, 0) is 16.0 Å². The second-order valence-corrected chi connectivity index (χ2v) is 6.66. The Morgan fingerprint density at radius 1 is 1.00 bits per heavy atom. The first kappa shape index (κ1) is 16.3. The lowest BCUT2D eigenvalue weighted by Crippen LogP contribution is -2.30. The van der Waals surface area contributed by atoms with Gasteiger partial charge >= 0.3 is 0 Å². The third kappa shape index (κ3) is 3.31. The Balaban J connectivity index is 1.41. The van der Waals surface area contributed by atoms with Crippen molar-refractivity contribution in [2.24, 2.45) is 5.92 Å². The van der Waals surface area contributed by atoms with Gasteiger partial charge in [-0.1, -0.05) is 54.6 Å². The number of para-hydroxylation sites is 1. The van der Waals surface area contributed by atoms with Crippen molar-refractivity contribution in [1.82, 2.24) is 0 Å². The fourth-order valence-electron chi connectivity index (χ4n) is 3.50. The molecule has 1 unspecified atom stereocenters. The molecule has 0 aliphatic carbocycles. The number of rotatable bonds is 4. The number of carbonyl (C=O) groups is 2. The topological polar surface area (TPSA) is 58.2 Å². The number of benzene rings is 3. The van der Waals surface area contributed by atoms with Crippen LogP contribution in [0.1, 0.15) is 18.4 Å². The van der Waals surface area contributed by atoms with Crippen LogP contribution in [0.4, 0.5) is 11.4 Å². The predicted molar refractivity (Wildman–Crippen MR) is 104 cm³/mol. The van der Waals surface area contributed by atoms with Crippen molar-refractivity contribution >= 4 is 34.0 Å². The number of fused-ring (bicyclic) bond motifs is 2. The number of amides is 2. The van der Waals surface area contributed by atoms with Crippen molar-refractivity contribution in [1.29, 1.82) is 0 Å². The maximum atomic E-state index is 12.4. The maximum absolute atomic E-state index is 12.4. The SMILES string of the molecule is O=C(CCC1Cc2ccccc2NC1=O)Nc1cccc2ccccc12. The molecule has 0 bridgehead atoms. The van der Waals surface area contributed by atoms with Crippen molar-refractivity contribution in [2.45, 2.75) is 19.3 Å². The molecule has 4 nitrogen and oxygen atoms in total. The van der Waals surface area contributed by atoms with E-state index in [4.69, 9.17) is 0 Å². The van der Waals surface area contributed by atoms with Crippen LogP contribution >= 0.6 is 0 Å². The highest BCUT2D eigenvalue weighted by molar-refractivity contribution is 6.02. The molecule has 1 aliphatic rings. The Hall–Kier alpha value is -3.14. The molecule has 4 rings (SSSR count). The van der Waals surface area contributed by atoms with E-state index in [0.717, 1.165) is 27.7 Å². The van der Waals surface area contributed by atoms with Crippen LogP contribution in [-0.4, -0.2) is 11.8 Å². The molecule has 0 saturated carbocycles. The lowest BCUT2D eigenvalue weighted by molar-refractivity contribution is -0.121. The van der Waals surface area contributed by atoms with Gasteiger partial charge in [-0.05, 0) is 35.9 Å². The summed E-state index contributed by atoms with van der Waals surface area (Å²) in [5.41, 5.74) is 2.83. The largest absolute Gasteiger partial charge is 0.326 e. The van der Waals surface area contributed by atoms with Crippen molar-refractivity contribution in [3.05, 3.63) is 72.3 Å². The van der Waals surface area contributed by atoms with E-state index in [1.807, 2.05) is 66.7 Å². The monoisotopic (exact) mass is 344 g/mol. The van der Waals surface area contributed by atoms with Crippen LogP contribution in [0.5, 0.6) is 0 Å². The molecule has 1 aliphatic heterocycles. The van der Waals surface area contributed by atoms with Gasteiger partial charge in [-0.3, -0.25) is 9.59 Å². The second kappa shape index (κ2) is 7.00. The zero-order valence-corrected chi connectivity index (χ0v) is 14.4. The first-order valence-corrected chi connectivity index (χ1v) is 8.87. The fourth-order valence-corrected chi connectivity index (χ4v) is 3.50. The molecular formula is C22H20N2O2. The van der Waals surface area contributed by atoms with Crippen molar-refractivity contribution in [3.63, 3.8) is 0 Å². The lowest BCUT2D eigenvalue weighted by atomic mass is 9.89. The molecule has 0 spiro atoms. The van der Waals surface area contributed by atoms with Gasteiger partial charge in [-0.2, -0.15) is 0 Å². The number of hydrogen-bond acceptors (Lipinski definition) is 2. The summed E-state index contributed by atoms with van der Waals surface area (Å²) in [5, 5.41) is 8.04. The van der Waals surface area contributed by atoms with Crippen LogP contribution in [0.2, 0.25) is 0 Å². The number of carbonyl (C=O) groups excluding carboxylic acids is 2. The van der Waals surface area contributed by atoms with Gasteiger partial charge in [-0.15, -0.1) is 0 Å². The molecule has 2 amide bonds. The van der Waals surface area contributed by atoms with Gasteiger partial charge in [0.15, 0.2) is 0 Å². The zero-order chi connectivity index (χ0) is 17.9. The minimum absolute atomic E-state index is 0.00154. The van der Waals surface area contributed by atoms with E-state index in [2.05, 4.69) is 10.6 Å². The Kier molecular flexibility index (Phi) is 4.40. The summed E-state index contributed by atoms with van der Waals surface area (Å²) >= 11 is 0. The fraction of sp³-hybridized carbons (Fsp3) is 0.182. The van der Waals surface area contributed by atoms with Gasteiger partial charge in [0.25, 0.3) is 0 Å². The van der Waals surface area contributed by atoms with Crippen LogP contribution < -0.4 is 10.6 Å². The molecule has 130 valence electrons. The van der Waals surface area contributed by atoms with Gasteiger partial charge in [0.05, 0.1) is 0 Å². The number of anilines is 2. The first-order chi connectivity index (χ1) is 12.7. The molecule has 2 N–H and O–H groups in total. The van der Waals surface area contributed by atoms with E-state index in [0.29, 0.717) is 19.3 Å². The Morgan fingerprint density at radius 3 is 2.69 bits per heavy atom. The molecule has 26 heavy (non-hydrogen) atoms. The van der Waals surface area contributed by atoms with E-state index in [-0.39, 0.29) is 17.7 Å². The molecule has 0 saturated heterocycles. The summed E-state index contributed by atoms with van der Waals surface area (Å²) < 4.78 is 0. The molecule has 1 atom stereocenters. The summed E-state index contributed by atoms with van der Waals surface area (Å²) in [6.07, 6.45) is 1.55. The predicted octanol–water partition coefficient (Wildman–Crippen LogP) is 4.37. The molecule has 0 aromatic heterocycles. The average molecular weight is 344 g/mol. The van der Waals surface area contributed by atoms with Crippen LogP contribution in [0.15, 0.2) is 66.7 Å². The number of nitrogens with one attached hydrogen (secondary N) is 2. The molecule has 0 radical (unpaired) electrons. The van der Waals surface area contributed by atoms with E-state index >= 15 is 0 Å². The Labute approximate surface area is 152 Å². The molecular weight excluding hydrogens is 324 g/mol. The Morgan fingerprint density at radius 2 is 1.77 bits per heavy atom. The summed E-state index contributed by atoms with van der Waals surface area (Å²) in [6.45, 7) is 0. The molecule has 3 aromatic carbocycles. The van der Waals surface area contributed by atoms with Gasteiger partial charge in [0, 0.05) is 29.1 Å². The third-order valence-corrected chi connectivity index (χ3v) is 4.90. The maximum Gasteiger partial charge on any atom is 0.227 e. The van der Waals surface area contributed by atoms with Crippen LogP contribution in [0, 0.1) is 5.92 Å². The average Bonchev–Trinajstić information content (AvgIpc) is 2.66. The summed E-state index contributed by atoms with van der Waals surface area (Å²) in [5.74, 6) is -0.224. The number of hydrogen-bond donors (Lipinski definition) is 2. The van der Waals surface area contributed by atoms with Gasteiger partial charge in [0.2, 0.25) is 11.8 Å². The third-order valence-electron chi connectivity index (χ3n) is 4.90. The molecule has 0 fully saturated rings. The smallest absolute Gasteiger partial charge is 0.227 e. The van der Waals surface area contributed by atoms with E-state index in [1.54, 1.807) is 0 Å². The summed E-state index contributed by atoms with van der Waals surface area (Å²) in [6, 6.07) is 21.6. The van der Waals surface area contributed by atoms with Crippen molar-refractivity contribution in [2.75, 3.05) is 10.6 Å². The highest BCUT2D eigenvalue weighted by Crippen LogP contribution is 2.28. The van der Waals surface area contributed by atoms with Crippen molar-refractivity contribution < 1.29 is 9.59 Å². The minimum atomic E-state index is -0.164. The highest BCUT2D eigenvalue weighted by Gasteiger charge is 2.26. The van der Waals surface area contributed by atoms with E-state index in [1.165, 1.54) is 0 Å². The molecule has 1 heterocycles. The minimum Gasteiger partial charge on any atom is -0.326 e. The standard InChI is InChI=1S/C22H20N2O2/c25-21(23-20-11-5-8-15-6-1-3-9-18(15)20)13-12-17-14-16-7-2-4-10-19(16)24-22(17)26/h1-11,17H,12-14H2,(H,23,25)(H,24,26). The molecule has 4 heteroatoms. The van der Waals surface area contributed by atoms with E-state index < -0.39 is 0 Å². The first-order valence-electron chi connectivity index (χ1n) is 8.87. The van der Waals surface area contributed by atoms with Gasteiger partial charge in [-0.25, -0.2) is 0 Å². The zero-order valence-electron chi connectivity index (χ0n) is 14.4. The van der Waals surface area contributed by atoms with Gasteiger partial charge < -0.3 is 10.6 Å². The Bertz CT molecular complexity index is 975. The normalized spacial score (nSPS) is 16.0. The quantitative estimate of drug-likeness (QED) is 0.738. The van der Waals surface area contributed by atoms with Crippen LogP contribution in [0.25, 0.3) is 10.8 Å². The second-order valence-electron chi connectivity index (χ2n) is 6.66. The lowest BCUT2D eigenvalue weighted by Gasteiger charge is -2.24. The summed E-state index contributed by atoms with van der Waals surface area (Å²) in [7, 11) is 0. The summed E-state index contributed by atoms with van der Waals surface area (Å²) in [4.78, 5) is 24.7. The van der Waals surface area contributed by atoms with Crippen molar-refractivity contribution in [3.8, 4) is 0 Å². The van der Waals surface area contributed by atoms with Gasteiger partial charge in [0.1, 0.15) is 0 Å². The highest BCUT2D eigenvalue weighted by atomic mass is 16.2. The van der Waals surface area contributed by atoms with Crippen LogP contribution in [0.3, 0.4) is 0 Å². The molecule has 3 aromatic rings.